The number of allylic oxidation sites excluding steroid dienone is 1. The largest absolute Gasteiger partial charge is 0.459 e. The van der Waals surface area contributed by atoms with Crippen LogP contribution in [0.5, 0.6) is 0 Å². The number of nitrogens with zero attached hydrogens (tertiary/aromatic N) is 1. The van der Waals surface area contributed by atoms with Crippen molar-refractivity contribution in [3.63, 3.8) is 0 Å². The third-order valence-corrected chi connectivity index (χ3v) is 7.28. The van der Waals surface area contributed by atoms with Crippen molar-refractivity contribution in [2.45, 2.75) is 19.3 Å². The van der Waals surface area contributed by atoms with Crippen molar-refractivity contribution >= 4 is 38.9 Å². The second-order valence-corrected chi connectivity index (χ2v) is 9.07. The lowest BCUT2D eigenvalue weighted by Crippen LogP contribution is -2.04. The smallest absolute Gasteiger partial charge is 0.134 e. The first-order valence-electron chi connectivity index (χ1n) is 11.5. The number of aromatic nitrogens is 1. The molecule has 1 unspecified atom stereocenters. The fourth-order valence-corrected chi connectivity index (χ4v) is 5.62. The Hall–Kier alpha value is -4.04. The fourth-order valence-electron chi connectivity index (χ4n) is 5.62. The van der Waals surface area contributed by atoms with Gasteiger partial charge in [0.1, 0.15) is 11.3 Å². The minimum Gasteiger partial charge on any atom is -0.459 e. The van der Waals surface area contributed by atoms with Crippen LogP contribution in [0, 0.1) is 0 Å². The first-order chi connectivity index (χ1) is 16.2. The molecule has 2 aromatic heterocycles. The van der Waals surface area contributed by atoms with Gasteiger partial charge in [-0.2, -0.15) is 0 Å². The summed E-state index contributed by atoms with van der Waals surface area (Å²) in [6.07, 6.45) is 4.28. The van der Waals surface area contributed by atoms with Gasteiger partial charge in [-0.25, -0.2) is 0 Å². The zero-order valence-corrected chi connectivity index (χ0v) is 18.7. The molecule has 0 saturated carbocycles. The third kappa shape index (κ3) is 2.38. The maximum absolute atomic E-state index is 6.47. The molecule has 0 radical (unpaired) electrons. The maximum Gasteiger partial charge on any atom is 0.134 e. The standard InChI is InChI=1S/C31H23NO/c1-3-10-24-23-13-6-9-16-29(23)33-30(24)31(2)25-18-17-20(19-26(25)31)32-27-14-7-4-11-21(27)22-12-5-8-15-28(22)32/h3-19H,1-2H3/b10-3-. The predicted octanol–water partition coefficient (Wildman–Crippen LogP) is 8.23. The van der Waals surface area contributed by atoms with Gasteiger partial charge in [0.2, 0.25) is 0 Å². The second-order valence-electron chi connectivity index (χ2n) is 9.07. The van der Waals surface area contributed by atoms with E-state index >= 15 is 0 Å². The van der Waals surface area contributed by atoms with E-state index in [0.29, 0.717) is 0 Å². The third-order valence-electron chi connectivity index (χ3n) is 7.28. The molecule has 7 rings (SSSR count). The fraction of sp³-hybridized carbons (Fsp3) is 0.0968. The molecule has 1 atom stereocenters. The molecule has 0 saturated heterocycles. The molecular weight excluding hydrogens is 402 g/mol. The molecular formula is C31H23NO. The van der Waals surface area contributed by atoms with Gasteiger partial charge in [-0.05, 0) is 55.3 Å². The van der Waals surface area contributed by atoms with Gasteiger partial charge in [-0.3, -0.25) is 0 Å². The summed E-state index contributed by atoms with van der Waals surface area (Å²) in [7, 11) is 0. The Bertz CT molecular complexity index is 1690. The van der Waals surface area contributed by atoms with Crippen molar-refractivity contribution < 1.29 is 4.42 Å². The summed E-state index contributed by atoms with van der Waals surface area (Å²) in [6.45, 7) is 4.35. The Kier molecular flexibility index (Phi) is 3.64. The molecule has 0 N–H and O–H groups in total. The SMILES string of the molecule is C/C=C\c1c(C2(C)c3ccc(-n4c5ccccc5c5ccccc54)cc32)oc2ccccc12. The molecule has 0 spiro atoms. The van der Waals surface area contributed by atoms with E-state index in [1.165, 1.54) is 49.6 Å². The number of para-hydroxylation sites is 3. The van der Waals surface area contributed by atoms with E-state index in [2.05, 4.69) is 115 Å². The molecule has 2 heterocycles. The molecule has 2 nitrogen and oxygen atoms in total. The highest BCUT2D eigenvalue weighted by atomic mass is 16.3. The number of benzene rings is 4. The average Bonchev–Trinajstić information content (AvgIpc) is 3.15. The van der Waals surface area contributed by atoms with Crippen LogP contribution in [0.15, 0.2) is 101 Å². The zero-order valence-electron chi connectivity index (χ0n) is 18.7. The quantitative estimate of drug-likeness (QED) is 0.279. The van der Waals surface area contributed by atoms with Gasteiger partial charge in [-0.15, -0.1) is 0 Å². The van der Waals surface area contributed by atoms with Crippen molar-refractivity contribution in [2.24, 2.45) is 0 Å². The van der Waals surface area contributed by atoms with Gasteiger partial charge in [0.15, 0.2) is 0 Å². The van der Waals surface area contributed by atoms with E-state index < -0.39 is 0 Å². The Labute approximate surface area is 192 Å². The van der Waals surface area contributed by atoms with Crippen LogP contribution in [0.25, 0.3) is 44.5 Å². The summed E-state index contributed by atoms with van der Waals surface area (Å²) in [5, 5.41) is 3.74. The van der Waals surface area contributed by atoms with Crippen molar-refractivity contribution in [3.05, 3.63) is 120 Å². The molecule has 0 bridgehead atoms. The van der Waals surface area contributed by atoms with Crippen molar-refractivity contribution in [3.8, 4) is 5.69 Å². The van der Waals surface area contributed by atoms with E-state index in [1.54, 1.807) is 0 Å². The summed E-state index contributed by atoms with van der Waals surface area (Å²) in [5.74, 6) is 1.04. The van der Waals surface area contributed by atoms with Gasteiger partial charge in [0.25, 0.3) is 0 Å². The first kappa shape index (κ1) is 18.5. The van der Waals surface area contributed by atoms with Gasteiger partial charge < -0.3 is 8.98 Å². The monoisotopic (exact) mass is 425 g/mol. The van der Waals surface area contributed by atoms with Crippen LogP contribution >= 0.6 is 0 Å². The summed E-state index contributed by atoms with van der Waals surface area (Å²) >= 11 is 0. The van der Waals surface area contributed by atoms with Crippen LogP contribution in [0.3, 0.4) is 0 Å². The molecule has 1 aliphatic rings. The second kappa shape index (κ2) is 6.49. The topological polar surface area (TPSA) is 18.1 Å². The number of furan rings is 1. The molecule has 4 aromatic carbocycles. The molecule has 0 amide bonds. The summed E-state index contributed by atoms with van der Waals surface area (Å²) in [6, 6.07) is 32.5. The highest BCUT2D eigenvalue weighted by Gasteiger charge is 2.51. The van der Waals surface area contributed by atoms with Crippen molar-refractivity contribution in [2.75, 3.05) is 0 Å². The number of hydrogen-bond acceptors (Lipinski definition) is 1. The average molecular weight is 426 g/mol. The Morgan fingerprint density at radius 2 is 1.36 bits per heavy atom. The van der Waals surface area contributed by atoms with E-state index in [4.69, 9.17) is 4.42 Å². The molecule has 33 heavy (non-hydrogen) atoms. The van der Waals surface area contributed by atoms with Crippen LogP contribution in [-0.2, 0) is 5.41 Å². The lowest BCUT2D eigenvalue weighted by molar-refractivity contribution is 0.512. The predicted molar refractivity (Wildman–Crippen MR) is 137 cm³/mol. The highest BCUT2D eigenvalue weighted by Crippen LogP contribution is 2.57. The van der Waals surface area contributed by atoms with E-state index in [1.807, 2.05) is 6.07 Å². The van der Waals surface area contributed by atoms with Crippen LogP contribution in [0.1, 0.15) is 36.3 Å². The van der Waals surface area contributed by atoms with Crippen LogP contribution in [0.4, 0.5) is 0 Å². The molecule has 2 heteroatoms. The minimum atomic E-state index is -0.203. The zero-order chi connectivity index (χ0) is 22.2. The number of rotatable bonds is 3. The Morgan fingerprint density at radius 1 is 0.727 bits per heavy atom. The molecule has 6 aromatic rings. The summed E-state index contributed by atoms with van der Waals surface area (Å²) < 4.78 is 8.86. The minimum absolute atomic E-state index is 0.203. The number of fused-ring (bicyclic) bond motifs is 5. The first-order valence-corrected chi connectivity index (χ1v) is 11.5. The highest BCUT2D eigenvalue weighted by molar-refractivity contribution is 6.09. The van der Waals surface area contributed by atoms with Crippen molar-refractivity contribution in [1.29, 1.82) is 0 Å². The van der Waals surface area contributed by atoms with Gasteiger partial charge >= 0.3 is 0 Å². The molecule has 0 fully saturated rings. The van der Waals surface area contributed by atoms with E-state index in [0.717, 1.165) is 11.3 Å². The summed E-state index contributed by atoms with van der Waals surface area (Å²) in [4.78, 5) is 0. The van der Waals surface area contributed by atoms with Gasteiger partial charge in [0.05, 0.1) is 16.4 Å². The van der Waals surface area contributed by atoms with E-state index in [-0.39, 0.29) is 5.41 Å². The lowest BCUT2D eigenvalue weighted by atomic mass is 9.95. The van der Waals surface area contributed by atoms with Gasteiger partial charge in [-0.1, -0.05) is 72.8 Å². The van der Waals surface area contributed by atoms with E-state index in [9.17, 15) is 0 Å². The molecule has 0 aliphatic heterocycles. The van der Waals surface area contributed by atoms with Crippen LogP contribution < -0.4 is 0 Å². The number of hydrogen-bond donors (Lipinski definition) is 0. The maximum atomic E-state index is 6.47. The van der Waals surface area contributed by atoms with Crippen molar-refractivity contribution in [1.82, 2.24) is 4.57 Å². The van der Waals surface area contributed by atoms with Crippen LogP contribution in [0.2, 0.25) is 0 Å². The Balaban J connectivity index is 1.44. The van der Waals surface area contributed by atoms with Gasteiger partial charge in [0, 0.05) is 27.4 Å². The Morgan fingerprint density at radius 3 is 2.06 bits per heavy atom. The lowest BCUT2D eigenvalue weighted by Gasteiger charge is -2.08. The molecule has 158 valence electrons. The normalized spacial score (nSPS) is 17.4. The van der Waals surface area contributed by atoms with Crippen LogP contribution in [-0.4, -0.2) is 4.57 Å². The molecule has 1 aliphatic carbocycles. The summed E-state index contributed by atoms with van der Waals surface area (Å²) in [5.41, 5.74) is 8.28.